The molecule has 1 heterocycles. The average Bonchev–Trinajstić information content (AvgIpc) is 3.20. The van der Waals surface area contributed by atoms with E-state index < -0.39 is 0 Å². The van der Waals surface area contributed by atoms with Crippen molar-refractivity contribution in [2.45, 2.75) is 10.7 Å². The molecule has 1 nitrogen and oxygen atoms in total. The minimum absolute atomic E-state index is 0.168. The van der Waals surface area contributed by atoms with Gasteiger partial charge in [-0.25, -0.2) is 0 Å². The second-order valence-corrected chi connectivity index (χ2v) is 10.4. The van der Waals surface area contributed by atoms with Gasteiger partial charge in [-0.15, -0.1) is 23.5 Å². The summed E-state index contributed by atoms with van der Waals surface area (Å²) >= 11 is 14.1. The Bertz CT molecular complexity index is 909. The number of ether oxygens (including phenoxy) is 1. The maximum atomic E-state index is 6.59. The van der Waals surface area contributed by atoms with Crippen LogP contribution in [0.25, 0.3) is 0 Å². The van der Waals surface area contributed by atoms with Gasteiger partial charge < -0.3 is 4.74 Å². The first-order valence-corrected chi connectivity index (χ1v) is 11.8. The molecule has 3 aromatic carbocycles. The molecule has 4 rings (SSSR count). The molecule has 3 aromatic rings. The van der Waals surface area contributed by atoms with E-state index in [0.29, 0.717) is 6.61 Å². The zero-order valence-electron chi connectivity index (χ0n) is 14.5. The van der Waals surface area contributed by atoms with Crippen molar-refractivity contribution in [2.75, 3.05) is 11.5 Å². The van der Waals surface area contributed by atoms with Crippen LogP contribution in [0.5, 0.6) is 5.75 Å². The van der Waals surface area contributed by atoms with Crippen LogP contribution in [0, 0.1) is 0 Å². The smallest absolute Gasteiger partial charge is 0.119 e. The fourth-order valence-electron chi connectivity index (χ4n) is 3.15. The third-order valence-electron chi connectivity index (χ3n) is 4.46. The average molecular weight is 478 g/mol. The lowest BCUT2D eigenvalue weighted by Crippen LogP contribution is -2.17. The van der Waals surface area contributed by atoms with Gasteiger partial charge in [0, 0.05) is 26.6 Å². The van der Waals surface area contributed by atoms with Gasteiger partial charge in [-0.2, -0.15) is 0 Å². The molecule has 0 saturated carbocycles. The molecule has 5 heteroatoms. The van der Waals surface area contributed by atoms with Crippen LogP contribution in [0.3, 0.4) is 0 Å². The Labute approximate surface area is 182 Å². The molecule has 0 spiro atoms. The quantitative estimate of drug-likeness (QED) is 0.380. The summed E-state index contributed by atoms with van der Waals surface area (Å²) in [5.74, 6) is 3.10. The predicted octanol–water partition coefficient (Wildman–Crippen LogP) is 7.36. The first-order chi connectivity index (χ1) is 13.2. The molecule has 0 aromatic heterocycles. The van der Waals surface area contributed by atoms with Gasteiger partial charge in [0.15, 0.2) is 0 Å². The van der Waals surface area contributed by atoms with Crippen LogP contribution >= 0.6 is 51.1 Å². The van der Waals surface area contributed by atoms with Crippen LogP contribution in [0.15, 0.2) is 77.3 Å². The number of thioether (sulfide) groups is 2. The first kappa shape index (κ1) is 19.3. The normalized spacial score (nSPS) is 15.6. The molecule has 0 atom stereocenters. The fourth-order valence-corrected chi connectivity index (χ4v) is 7.21. The molecule has 138 valence electrons. The number of halogens is 2. The highest BCUT2D eigenvalue weighted by molar-refractivity contribution is 9.10. The minimum Gasteiger partial charge on any atom is -0.489 e. The molecular formula is C22H18BrClOS2. The van der Waals surface area contributed by atoms with Gasteiger partial charge in [0.2, 0.25) is 0 Å². The highest BCUT2D eigenvalue weighted by Gasteiger charge is 2.40. The maximum Gasteiger partial charge on any atom is 0.119 e. The molecule has 0 N–H and O–H groups in total. The standard InChI is InChI=1S/C22H18BrClOS2/c23-18-8-11-21(24)20(14-18)22(26-12-13-27-22)17-6-9-19(10-7-17)25-15-16-4-2-1-3-5-16/h1-11,14H,12-13,15H2. The zero-order chi connectivity index (χ0) is 18.7. The summed E-state index contributed by atoms with van der Waals surface area (Å²) < 4.78 is 6.83. The van der Waals surface area contributed by atoms with E-state index in [2.05, 4.69) is 58.4 Å². The third kappa shape index (κ3) is 4.19. The van der Waals surface area contributed by atoms with Gasteiger partial charge in [-0.3, -0.25) is 0 Å². The molecule has 1 saturated heterocycles. The Morgan fingerprint density at radius 2 is 1.63 bits per heavy atom. The van der Waals surface area contributed by atoms with Gasteiger partial charge in [-0.1, -0.05) is 70.0 Å². The highest BCUT2D eigenvalue weighted by Crippen LogP contribution is 2.58. The van der Waals surface area contributed by atoms with Crippen molar-refractivity contribution in [2.24, 2.45) is 0 Å². The van der Waals surface area contributed by atoms with Crippen molar-refractivity contribution in [3.05, 3.63) is 99.0 Å². The van der Waals surface area contributed by atoms with Gasteiger partial charge in [0.25, 0.3) is 0 Å². The van der Waals surface area contributed by atoms with E-state index in [4.69, 9.17) is 16.3 Å². The largest absolute Gasteiger partial charge is 0.489 e. The summed E-state index contributed by atoms with van der Waals surface area (Å²) in [6.07, 6.45) is 0. The summed E-state index contributed by atoms with van der Waals surface area (Å²) in [5, 5.41) is 0.810. The number of hydrogen-bond acceptors (Lipinski definition) is 3. The second kappa shape index (κ2) is 8.52. The van der Waals surface area contributed by atoms with Crippen molar-refractivity contribution in [1.29, 1.82) is 0 Å². The van der Waals surface area contributed by atoms with Gasteiger partial charge in [-0.05, 0) is 41.5 Å². The summed E-state index contributed by atoms with van der Waals surface area (Å²) in [4.78, 5) is 0. The van der Waals surface area contributed by atoms with Crippen molar-refractivity contribution in [3.8, 4) is 5.75 Å². The van der Waals surface area contributed by atoms with Crippen LogP contribution in [0.1, 0.15) is 16.7 Å². The highest BCUT2D eigenvalue weighted by atomic mass is 79.9. The van der Waals surface area contributed by atoms with E-state index in [0.717, 1.165) is 32.3 Å². The van der Waals surface area contributed by atoms with Gasteiger partial charge in [0.1, 0.15) is 16.4 Å². The van der Waals surface area contributed by atoms with Crippen LogP contribution in [0.2, 0.25) is 5.02 Å². The molecule has 1 aliphatic rings. The van der Waals surface area contributed by atoms with Crippen LogP contribution in [-0.4, -0.2) is 11.5 Å². The Morgan fingerprint density at radius 1 is 0.926 bits per heavy atom. The molecule has 0 aliphatic carbocycles. The number of hydrogen-bond donors (Lipinski definition) is 0. The lowest BCUT2D eigenvalue weighted by atomic mass is 10.0. The zero-order valence-corrected chi connectivity index (χ0v) is 18.5. The Hall–Kier alpha value is -1.07. The third-order valence-corrected chi connectivity index (χ3v) is 8.79. The number of rotatable bonds is 5. The topological polar surface area (TPSA) is 9.23 Å². The van der Waals surface area contributed by atoms with Crippen molar-refractivity contribution in [3.63, 3.8) is 0 Å². The van der Waals surface area contributed by atoms with Crippen molar-refractivity contribution in [1.82, 2.24) is 0 Å². The van der Waals surface area contributed by atoms with E-state index in [1.807, 2.05) is 53.9 Å². The molecule has 0 radical (unpaired) electrons. The molecule has 0 bridgehead atoms. The molecule has 1 aliphatic heterocycles. The summed E-state index contributed by atoms with van der Waals surface area (Å²) in [7, 11) is 0. The van der Waals surface area contributed by atoms with Crippen LogP contribution in [-0.2, 0) is 10.7 Å². The van der Waals surface area contributed by atoms with E-state index in [1.54, 1.807) is 0 Å². The van der Waals surface area contributed by atoms with E-state index >= 15 is 0 Å². The molecule has 1 fully saturated rings. The number of benzene rings is 3. The molecule has 0 amide bonds. The summed E-state index contributed by atoms with van der Waals surface area (Å²) in [5.41, 5.74) is 3.58. The Balaban J connectivity index is 1.60. The summed E-state index contributed by atoms with van der Waals surface area (Å²) in [6.45, 7) is 0.576. The van der Waals surface area contributed by atoms with Crippen molar-refractivity contribution >= 4 is 51.1 Å². The lowest BCUT2D eigenvalue weighted by molar-refractivity contribution is 0.306. The Morgan fingerprint density at radius 3 is 2.33 bits per heavy atom. The Kier molecular flexibility index (Phi) is 6.08. The van der Waals surface area contributed by atoms with Crippen LogP contribution in [0.4, 0.5) is 0 Å². The van der Waals surface area contributed by atoms with E-state index in [1.165, 1.54) is 11.1 Å². The van der Waals surface area contributed by atoms with E-state index in [-0.39, 0.29) is 4.08 Å². The fraction of sp³-hybridized carbons (Fsp3) is 0.182. The first-order valence-electron chi connectivity index (χ1n) is 8.68. The maximum absolute atomic E-state index is 6.59. The summed E-state index contributed by atoms with van der Waals surface area (Å²) in [6, 6.07) is 24.8. The van der Waals surface area contributed by atoms with Crippen molar-refractivity contribution < 1.29 is 4.74 Å². The molecule has 0 unspecified atom stereocenters. The second-order valence-electron chi connectivity index (χ2n) is 6.24. The molecular weight excluding hydrogens is 460 g/mol. The minimum atomic E-state index is -0.168. The SMILES string of the molecule is Clc1ccc(Br)cc1C1(c2ccc(OCc3ccccc3)cc2)SCCS1. The predicted molar refractivity (Wildman–Crippen MR) is 122 cm³/mol. The van der Waals surface area contributed by atoms with Gasteiger partial charge in [0.05, 0.1) is 0 Å². The monoisotopic (exact) mass is 476 g/mol. The lowest BCUT2D eigenvalue weighted by Gasteiger charge is -2.30. The molecule has 27 heavy (non-hydrogen) atoms. The van der Waals surface area contributed by atoms with Gasteiger partial charge >= 0.3 is 0 Å². The van der Waals surface area contributed by atoms with E-state index in [9.17, 15) is 0 Å². The van der Waals surface area contributed by atoms with Crippen LogP contribution < -0.4 is 4.74 Å².